The third-order valence-electron chi connectivity index (χ3n) is 5.15. The largest absolute Gasteiger partial charge is 0.496 e. The second-order valence-electron chi connectivity index (χ2n) is 6.78. The molecule has 26 heavy (non-hydrogen) atoms. The van der Waals surface area contributed by atoms with Crippen LogP contribution < -0.4 is 9.64 Å². The van der Waals surface area contributed by atoms with Crippen molar-refractivity contribution in [2.75, 3.05) is 30.9 Å². The van der Waals surface area contributed by atoms with Crippen LogP contribution in [0.25, 0.3) is 0 Å². The van der Waals surface area contributed by atoms with Gasteiger partial charge in [-0.25, -0.2) is 0 Å². The fourth-order valence-electron chi connectivity index (χ4n) is 3.74. The minimum Gasteiger partial charge on any atom is -0.496 e. The molecule has 5 heteroatoms. The molecule has 1 unspecified atom stereocenters. The van der Waals surface area contributed by atoms with Crippen LogP contribution in [0.5, 0.6) is 5.75 Å². The average molecular weight is 369 g/mol. The number of ether oxygens (including phenoxy) is 1. The van der Waals surface area contributed by atoms with E-state index in [0.29, 0.717) is 12.3 Å². The molecule has 0 N–H and O–H groups in total. The summed E-state index contributed by atoms with van der Waals surface area (Å²) in [5.41, 5.74) is 3.53. The SMILES string of the molecule is COc1ccccc1CN1C(=O)CSC1c1ccc(N2CCCC2)cc1. The molecule has 0 bridgehead atoms. The first kappa shape index (κ1) is 17.3. The lowest BCUT2D eigenvalue weighted by molar-refractivity contribution is -0.128. The fourth-order valence-corrected chi connectivity index (χ4v) is 4.93. The highest BCUT2D eigenvalue weighted by Crippen LogP contribution is 2.40. The van der Waals surface area contributed by atoms with Gasteiger partial charge in [0.05, 0.1) is 19.4 Å². The van der Waals surface area contributed by atoms with Crippen LogP contribution in [-0.2, 0) is 11.3 Å². The number of amides is 1. The van der Waals surface area contributed by atoms with Crippen molar-refractivity contribution in [3.8, 4) is 5.75 Å². The van der Waals surface area contributed by atoms with Crippen molar-refractivity contribution in [2.45, 2.75) is 24.8 Å². The Balaban J connectivity index is 1.54. The summed E-state index contributed by atoms with van der Waals surface area (Å²) in [6.07, 6.45) is 2.56. The van der Waals surface area contributed by atoms with Crippen molar-refractivity contribution in [3.05, 3.63) is 59.7 Å². The third kappa shape index (κ3) is 3.40. The summed E-state index contributed by atoms with van der Waals surface area (Å²) < 4.78 is 5.45. The Hall–Kier alpha value is -2.14. The highest BCUT2D eigenvalue weighted by Gasteiger charge is 2.33. The van der Waals surface area contributed by atoms with Gasteiger partial charge in [0.1, 0.15) is 11.1 Å². The normalized spacial score (nSPS) is 20.0. The van der Waals surface area contributed by atoms with Crippen LogP contribution in [-0.4, -0.2) is 36.8 Å². The lowest BCUT2D eigenvalue weighted by atomic mass is 10.1. The van der Waals surface area contributed by atoms with E-state index >= 15 is 0 Å². The number of methoxy groups -OCH3 is 1. The summed E-state index contributed by atoms with van der Waals surface area (Å²) in [6, 6.07) is 16.7. The summed E-state index contributed by atoms with van der Waals surface area (Å²) >= 11 is 1.70. The van der Waals surface area contributed by atoms with E-state index in [1.54, 1.807) is 18.9 Å². The van der Waals surface area contributed by atoms with Gasteiger partial charge >= 0.3 is 0 Å². The Morgan fingerprint density at radius 3 is 2.54 bits per heavy atom. The molecule has 2 heterocycles. The standard InChI is InChI=1S/C21H24N2O2S/c1-25-19-7-3-2-6-17(19)14-23-20(24)15-26-21(23)16-8-10-18(11-9-16)22-12-4-5-13-22/h2-3,6-11,21H,4-5,12-15H2,1H3. The zero-order chi connectivity index (χ0) is 17.9. The second kappa shape index (κ2) is 7.62. The topological polar surface area (TPSA) is 32.8 Å². The molecule has 2 aliphatic heterocycles. The van der Waals surface area contributed by atoms with Crippen molar-refractivity contribution in [1.29, 1.82) is 0 Å². The molecule has 4 nitrogen and oxygen atoms in total. The molecule has 0 saturated carbocycles. The molecular formula is C21H24N2O2S. The molecule has 2 aliphatic rings. The van der Waals surface area contributed by atoms with Gasteiger partial charge in [0.2, 0.25) is 5.91 Å². The smallest absolute Gasteiger partial charge is 0.234 e. The Morgan fingerprint density at radius 2 is 1.81 bits per heavy atom. The number of para-hydroxylation sites is 1. The molecule has 4 rings (SSSR count). The van der Waals surface area contributed by atoms with Crippen molar-refractivity contribution >= 4 is 23.4 Å². The van der Waals surface area contributed by atoms with Crippen molar-refractivity contribution in [1.82, 2.24) is 4.90 Å². The summed E-state index contributed by atoms with van der Waals surface area (Å²) in [5, 5.41) is 0.0695. The van der Waals surface area contributed by atoms with E-state index in [1.807, 2.05) is 29.2 Å². The van der Waals surface area contributed by atoms with Crippen LogP contribution in [0.15, 0.2) is 48.5 Å². The monoisotopic (exact) mass is 368 g/mol. The fraction of sp³-hybridized carbons (Fsp3) is 0.381. The third-order valence-corrected chi connectivity index (χ3v) is 6.41. The van der Waals surface area contributed by atoms with Crippen molar-refractivity contribution in [3.63, 3.8) is 0 Å². The molecule has 1 amide bonds. The maximum atomic E-state index is 12.5. The highest BCUT2D eigenvalue weighted by molar-refractivity contribution is 8.00. The first-order valence-electron chi connectivity index (χ1n) is 9.14. The first-order valence-corrected chi connectivity index (χ1v) is 10.2. The van der Waals surface area contributed by atoms with Crippen LogP contribution in [0.1, 0.15) is 29.3 Å². The van der Waals surface area contributed by atoms with Gasteiger partial charge < -0.3 is 14.5 Å². The van der Waals surface area contributed by atoms with Gasteiger partial charge in [0.15, 0.2) is 0 Å². The van der Waals surface area contributed by atoms with E-state index in [-0.39, 0.29) is 11.3 Å². The molecule has 2 aromatic carbocycles. The molecular weight excluding hydrogens is 344 g/mol. The minimum absolute atomic E-state index is 0.0695. The first-order chi connectivity index (χ1) is 12.8. The minimum atomic E-state index is 0.0695. The number of benzene rings is 2. The molecule has 2 aromatic rings. The second-order valence-corrected chi connectivity index (χ2v) is 7.85. The number of nitrogens with zero attached hydrogens (tertiary/aromatic N) is 2. The predicted octanol–water partition coefficient (Wildman–Crippen LogP) is 4.07. The van der Waals surface area contributed by atoms with Gasteiger partial charge in [-0.3, -0.25) is 4.79 Å². The lowest BCUT2D eigenvalue weighted by Gasteiger charge is -2.26. The maximum Gasteiger partial charge on any atom is 0.234 e. The van der Waals surface area contributed by atoms with Crippen LogP contribution in [0.2, 0.25) is 0 Å². The summed E-state index contributed by atoms with van der Waals surface area (Å²) in [4.78, 5) is 16.9. The number of rotatable bonds is 5. The van der Waals surface area contributed by atoms with E-state index in [0.717, 1.165) is 24.4 Å². The zero-order valence-corrected chi connectivity index (χ0v) is 15.9. The van der Waals surface area contributed by atoms with Crippen molar-refractivity contribution in [2.24, 2.45) is 0 Å². The number of thioether (sulfide) groups is 1. The Morgan fingerprint density at radius 1 is 1.08 bits per heavy atom. The molecule has 1 atom stereocenters. The van der Waals surface area contributed by atoms with E-state index in [4.69, 9.17) is 4.74 Å². The average Bonchev–Trinajstić information content (AvgIpc) is 3.33. The Bertz CT molecular complexity index is 772. The molecule has 2 fully saturated rings. The maximum absolute atomic E-state index is 12.5. The Kier molecular flexibility index (Phi) is 5.07. The number of carbonyl (C=O) groups excluding carboxylic acids is 1. The highest BCUT2D eigenvalue weighted by atomic mass is 32.2. The van der Waals surface area contributed by atoms with Crippen LogP contribution in [0, 0.1) is 0 Å². The van der Waals surface area contributed by atoms with E-state index in [2.05, 4.69) is 29.2 Å². The lowest BCUT2D eigenvalue weighted by Crippen LogP contribution is -2.28. The molecule has 0 aromatic heterocycles. The van der Waals surface area contributed by atoms with E-state index in [1.165, 1.54) is 24.1 Å². The van der Waals surface area contributed by atoms with Crippen LogP contribution in [0.3, 0.4) is 0 Å². The summed E-state index contributed by atoms with van der Waals surface area (Å²) in [7, 11) is 1.67. The Labute approximate surface area is 159 Å². The van der Waals surface area contributed by atoms with Gasteiger partial charge in [-0.05, 0) is 36.6 Å². The van der Waals surface area contributed by atoms with Gasteiger partial charge in [0.25, 0.3) is 0 Å². The molecule has 0 aliphatic carbocycles. The van der Waals surface area contributed by atoms with Crippen LogP contribution in [0.4, 0.5) is 5.69 Å². The van der Waals surface area contributed by atoms with E-state index < -0.39 is 0 Å². The number of hydrogen-bond acceptors (Lipinski definition) is 4. The molecule has 136 valence electrons. The van der Waals surface area contributed by atoms with E-state index in [9.17, 15) is 4.79 Å². The molecule has 0 radical (unpaired) electrons. The predicted molar refractivity (Wildman–Crippen MR) is 107 cm³/mol. The van der Waals surface area contributed by atoms with Crippen molar-refractivity contribution < 1.29 is 9.53 Å². The van der Waals surface area contributed by atoms with Gasteiger partial charge in [0, 0.05) is 24.3 Å². The van der Waals surface area contributed by atoms with Gasteiger partial charge in [-0.15, -0.1) is 11.8 Å². The summed E-state index contributed by atoms with van der Waals surface area (Å²) in [5.74, 6) is 1.56. The van der Waals surface area contributed by atoms with Gasteiger partial charge in [-0.2, -0.15) is 0 Å². The summed E-state index contributed by atoms with van der Waals surface area (Å²) in [6.45, 7) is 2.88. The number of carbonyl (C=O) groups is 1. The zero-order valence-electron chi connectivity index (χ0n) is 15.1. The van der Waals surface area contributed by atoms with Gasteiger partial charge in [-0.1, -0.05) is 30.3 Å². The quantitative estimate of drug-likeness (QED) is 0.796. The molecule has 0 spiro atoms. The number of anilines is 1. The number of hydrogen-bond donors (Lipinski definition) is 0. The van der Waals surface area contributed by atoms with Crippen LogP contribution >= 0.6 is 11.8 Å². The molecule has 2 saturated heterocycles.